The number of nitrogens with zero attached hydrogens (tertiary/aromatic N) is 1. The minimum absolute atomic E-state index is 0.271. The van der Waals surface area contributed by atoms with E-state index >= 15 is 0 Å². The first-order valence-electron chi connectivity index (χ1n) is 4.22. The molecule has 4 heteroatoms. The average molecular weight is 175 g/mol. The number of carboxylic acid groups (broad SMARTS) is 1. The molecule has 1 aliphatic rings. The van der Waals surface area contributed by atoms with Gasteiger partial charge in [-0.2, -0.15) is 0 Å². The topological polar surface area (TPSA) is 40.5 Å². The van der Waals surface area contributed by atoms with Gasteiger partial charge in [-0.1, -0.05) is 0 Å². The maximum absolute atomic E-state index is 12.8. The predicted molar refractivity (Wildman–Crippen MR) is 42.8 cm³/mol. The van der Waals surface area contributed by atoms with E-state index in [1.807, 2.05) is 0 Å². The van der Waals surface area contributed by atoms with Crippen molar-refractivity contribution in [1.29, 1.82) is 0 Å². The lowest BCUT2D eigenvalue weighted by molar-refractivity contribution is -0.143. The van der Waals surface area contributed by atoms with Crippen LogP contribution < -0.4 is 0 Å². The molecule has 70 valence electrons. The van der Waals surface area contributed by atoms with Crippen molar-refractivity contribution >= 4 is 5.97 Å². The highest BCUT2D eigenvalue weighted by Crippen LogP contribution is 2.15. The second-order valence-corrected chi connectivity index (χ2v) is 3.25. The van der Waals surface area contributed by atoms with Gasteiger partial charge in [-0.15, -0.1) is 0 Å². The lowest BCUT2D eigenvalue weighted by Gasteiger charge is -2.31. The highest BCUT2D eigenvalue weighted by atomic mass is 19.1. The van der Waals surface area contributed by atoms with E-state index < -0.39 is 18.2 Å². The summed E-state index contributed by atoms with van der Waals surface area (Å²) in [4.78, 5) is 12.2. The molecule has 1 saturated heterocycles. The number of carboxylic acids is 1. The van der Waals surface area contributed by atoms with Gasteiger partial charge >= 0.3 is 5.97 Å². The quantitative estimate of drug-likeness (QED) is 0.677. The molecule has 1 aliphatic heterocycles. The van der Waals surface area contributed by atoms with E-state index in [4.69, 9.17) is 5.11 Å². The van der Waals surface area contributed by atoms with E-state index in [1.165, 1.54) is 0 Å². The van der Waals surface area contributed by atoms with Gasteiger partial charge in [-0.3, -0.25) is 9.69 Å². The summed E-state index contributed by atoms with van der Waals surface area (Å²) in [6, 6.07) is -0.552. The molecule has 1 rings (SSSR count). The van der Waals surface area contributed by atoms with Crippen LogP contribution in [0.1, 0.15) is 19.8 Å². The fourth-order valence-corrected chi connectivity index (χ4v) is 1.46. The molecule has 0 aliphatic carbocycles. The highest BCUT2D eigenvalue weighted by molar-refractivity contribution is 5.72. The minimum Gasteiger partial charge on any atom is -0.480 e. The molecule has 12 heavy (non-hydrogen) atoms. The maximum atomic E-state index is 12.8. The van der Waals surface area contributed by atoms with Crippen LogP contribution in [0, 0.1) is 0 Å². The first-order chi connectivity index (χ1) is 5.61. The first-order valence-corrected chi connectivity index (χ1v) is 4.22. The zero-order valence-electron chi connectivity index (χ0n) is 7.16. The lowest BCUT2D eigenvalue weighted by atomic mass is 10.1. The Bertz CT molecular complexity index is 174. The summed E-state index contributed by atoms with van der Waals surface area (Å²) in [6.45, 7) is 2.57. The molecule has 0 aromatic heterocycles. The average Bonchev–Trinajstić information content (AvgIpc) is 2.03. The summed E-state index contributed by atoms with van der Waals surface area (Å²) >= 11 is 0. The Labute approximate surface area is 71.2 Å². The summed E-state index contributed by atoms with van der Waals surface area (Å²) in [5.74, 6) is -0.871. The van der Waals surface area contributed by atoms with Crippen molar-refractivity contribution in [2.24, 2.45) is 0 Å². The molecule has 0 radical (unpaired) electrons. The van der Waals surface area contributed by atoms with Crippen LogP contribution in [0.15, 0.2) is 0 Å². The molecule has 0 bridgehead atoms. The Balaban J connectivity index is 2.45. The summed E-state index contributed by atoms with van der Waals surface area (Å²) in [5.41, 5.74) is 0. The number of likely N-dealkylation sites (tertiary alicyclic amines) is 1. The summed E-state index contributed by atoms with van der Waals surface area (Å²) in [6.07, 6.45) is 0.488. The van der Waals surface area contributed by atoms with E-state index in [0.29, 0.717) is 13.0 Å². The third-order valence-electron chi connectivity index (χ3n) is 2.30. The van der Waals surface area contributed by atoms with Crippen molar-refractivity contribution in [2.75, 3.05) is 13.1 Å². The summed E-state index contributed by atoms with van der Waals surface area (Å²) in [5, 5.41) is 8.66. The normalized spacial score (nSPS) is 28.3. The fraction of sp³-hybridized carbons (Fsp3) is 0.875. The van der Waals surface area contributed by atoms with Crippen molar-refractivity contribution < 1.29 is 14.3 Å². The number of carbonyl (C=O) groups is 1. The molecular weight excluding hydrogens is 161 g/mol. The molecule has 2 atom stereocenters. The van der Waals surface area contributed by atoms with Gasteiger partial charge in [0.15, 0.2) is 0 Å². The third kappa shape index (κ3) is 2.17. The van der Waals surface area contributed by atoms with Gasteiger partial charge in [0.25, 0.3) is 0 Å². The molecule has 0 amide bonds. The van der Waals surface area contributed by atoms with Gasteiger partial charge in [0.05, 0.1) is 0 Å². The third-order valence-corrected chi connectivity index (χ3v) is 2.30. The van der Waals surface area contributed by atoms with E-state index in [9.17, 15) is 9.18 Å². The molecule has 1 N–H and O–H groups in total. The number of hydrogen-bond donors (Lipinski definition) is 1. The SMILES string of the molecule is C[C@@H](C(=O)O)N1CCC[C@H](F)C1. The summed E-state index contributed by atoms with van der Waals surface area (Å²) < 4.78 is 12.8. The monoisotopic (exact) mass is 175 g/mol. The van der Waals surface area contributed by atoms with E-state index in [1.54, 1.807) is 11.8 Å². The Kier molecular flexibility index (Phi) is 3.03. The van der Waals surface area contributed by atoms with Crippen LogP contribution in [0.3, 0.4) is 0 Å². The fourth-order valence-electron chi connectivity index (χ4n) is 1.46. The van der Waals surface area contributed by atoms with Crippen molar-refractivity contribution in [2.45, 2.75) is 32.0 Å². The van der Waals surface area contributed by atoms with Gasteiger partial charge in [0.1, 0.15) is 12.2 Å². The molecule has 0 saturated carbocycles. The second kappa shape index (κ2) is 3.85. The van der Waals surface area contributed by atoms with E-state index in [2.05, 4.69) is 0 Å². The standard InChI is InChI=1S/C8H14FNO2/c1-6(8(11)12)10-4-2-3-7(9)5-10/h6-7H,2-5H2,1H3,(H,11,12)/t6-,7-/m0/s1. The molecule has 1 fully saturated rings. The number of halogens is 1. The van der Waals surface area contributed by atoms with Crippen LogP contribution in [0.2, 0.25) is 0 Å². The van der Waals surface area contributed by atoms with Crippen LogP contribution >= 0.6 is 0 Å². The molecule has 3 nitrogen and oxygen atoms in total. The van der Waals surface area contributed by atoms with Gasteiger partial charge < -0.3 is 5.11 Å². The molecule has 1 heterocycles. The smallest absolute Gasteiger partial charge is 0.320 e. The minimum atomic E-state index is -0.871. The molecule has 0 unspecified atom stereocenters. The Morgan fingerprint density at radius 3 is 2.92 bits per heavy atom. The molecule has 0 aromatic rings. The molecular formula is C8H14FNO2. The van der Waals surface area contributed by atoms with Crippen LogP contribution in [0.5, 0.6) is 0 Å². The van der Waals surface area contributed by atoms with Gasteiger partial charge in [0.2, 0.25) is 0 Å². The largest absolute Gasteiger partial charge is 0.480 e. The number of aliphatic carboxylic acids is 1. The van der Waals surface area contributed by atoms with Crippen molar-refractivity contribution in [3.05, 3.63) is 0 Å². The Morgan fingerprint density at radius 1 is 1.75 bits per heavy atom. The second-order valence-electron chi connectivity index (χ2n) is 3.25. The number of piperidine rings is 1. The Hall–Kier alpha value is -0.640. The van der Waals surface area contributed by atoms with Crippen LogP contribution in [-0.4, -0.2) is 41.3 Å². The Morgan fingerprint density at radius 2 is 2.42 bits per heavy atom. The zero-order valence-corrected chi connectivity index (χ0v) is 7.16. The predicted octanol–water partition coefficient (Wildman–Crippen LogP) is 0.893. The summed E-state index contributed by atoms with van der Waals surface area (Å²) in [7, 11) is 0. The lowest BCUT2D eigenvalue weighted by Crippen LogP contribution is -2.45. The van der Waals surface area contributed by atoms with Crippen molar-refractivity contribution in [1.82, 2.24) is 4.90 Å². The van der Waals surface area contributed by atoms with Crippen LogP contribution in [-0.2, 0) is 4.79 Å². The van der Waals surface area contributed by atoms with Gasteiger partial charge in [-0.25, -0.2) is 4.39 Å². The van der Waals surface area contributed by atoms with Crippen LogP contribution in [0.4, 0.5) is 4.39 Å². The van der Waals surface area contributed by atoms with E-state index in [0.717, 1.165) is 6.42 Å². The van der Waals surface area contributed by atoms with E-state index in [-0.39, 0.29) is 6.54 Å². The zero-order chi connectivity index (χ0) is 9.14. The number of hydrogen-bond acceptors (Lipinski definition) is 2. The number of rotatable bonds is 2. The van der Waals surface area contributed by atoms with Gasteiger partial charge in [-0.05, 0) is 26.3 Å². The maximum Gasteiger partial charge on any atom is 0.320 e. The molecule has 0 aromatic carbocycles. The van der Waals surface area contributed by atoms with Crippen LogP contribution in [0.25, 0.3) is 0 Å². The first kappa shape index (κ1) is 9.45. The highest BCUT2D eigenvalue weighted by Gasteiger charge is 2.26. The number of alkyl halides is 1. The molecule has 0 spiro atoms. The van der Waals surface area contributed by atoms with Crippen molar-refractivity contribution in [3.63, 3.8) is 0 Å². The van der Waals surface area contributed by atoms with Gasteiger partial charge in [0, 0.05) is 6.54 Å². The van der Waals surface area contributed by atoms with Crippen molar-refractivity contribution in [3.8, 4) is 0 Å².